The zero-order valence-corrected chi connectivity index (χ0v) is 14.1. The van der Waals surface area contributed by atoms with Crippen LogP contribution in [0.5, 0.6) is 0 Å². The molecule has 5 heteroatoms. The molecular weight excluding hydrogens is 294 g/mol. The first-order chi connectivity index (χ1) is 10.5. The van der Waals surface area contributed by atoms with E-state index in [0.717, 1.165) is 10.6 Å². The number of amides is 1. The summed E-state index contributed by atoms with van der Waals surface area (Å²) < 4.78 is 0. The minimum absolute atomic E-state index is 0.0355. The number of carbonyl (C=O) groups is 1. The van der Waals surface area contributed by atoms with Crippen molar-refractivity contribution < 1.29 is 4.79 Å². The number of hydrogen-bond acceptors (Lipinski definition) is 4. The van der Waals surface area contributed by atoms with Gasteiger partial charge in [-0.15, -0.1) is 11.3 Å². The maximum Gasteiger partial charge on any atom is 0.273 e. The van der Waals surface area contributed by atoms with Gasteiger partial charge in [0.2, 0.25) is 0 Å². The fourth-order valence-corrected chi connectivity index (χ4v) is 3.45. The lowest BCUT2D eigenvalue weighted by molar-refractivity contribution is 0.0682. The summed E-state index contributed by atoms with van der Waals surface area (Å²) >= 11 is 1.50. The Labute approximate surface area is 136 Å². The number of nitrogens with zero attached hydrogens (tertiary/aromatic N) is 2. The minimum Gasteiger partial charge on any atom is -0.333 e. The highest BCUT2D eigenvalue weighted by Crippen LogP contribution is 2.28. The summed E-state index contributed by atoms with van der Waals surface area (Å²) in [6.07, 6.45) is 0.716. The number of carbonyl (C=O) groups excluding carboxylic acids is 1. The standard InChI is InChI=1S/C17H23N3OS/c1-12(2)16(13-7-5-4-6-8-13)20(3)17(21)14-11-22-15(19-14)9-10-18/h4-8,11-12,16H,9-10,18H2,1-3H3. The summed E-state index contributed by atoms with van der Waals surface area (Å²) in [6.45, 7) is 4.81. The van der Waals surface area contributed by atoms with Crippen LogP contribution >= 0.6 is 11.3 Å². The van der Waals surface area contributed by atoms with E-state index in [0.29, 0.717) is 24.6 Å². The van der Waals surface area contributed by atoms with E-state index in [4.69, 9.17) is 5.73 Å². The Morgan fingerprint density at radius 2 is 2.00 bits per heavy atom. The molecule has 2 aromatic rings. The fourth-order valence-electron chi connectivity index (χ4n) is 2.66. The van der Waals surface area contributed by atoms with E-state index in [1.807, 2.05) is 30.6 Å². The molecular formula is C17H23N3OS. The molecule has 0 fully saturated rings. The highest BCUT2D eigenvalue weighted by atomic mass is 32.1. The second-order valence-electron chi connectivity index (χ2n) is 5.68. The highest BCUT2D eigenvalue weighted by Gasteiger charge is 2.26. The summed E-state index contributed by atoms with van der Waals surface area (Å²) in [7, 11) is 1.85. The molecule has 0 saturated carbocycles. The Morgan fingerprint density at radius 3 is 2.59 bits per heavy atom. The van der Waals surface area contributed by atoms with Crippen molar-refractivity contribution in [1.82, 2.24) is 9.88 Å². The molecule has 2 rings (SSSR count). The van der Waals surface area contributed by atoms with Crippen molar-refractivity contribution in [3.8, 4) is 0 Å². The lowest BCUT2D eigenvalue weighted by Gasteiger charge is -2.31. The third-order valence-electron chi connectivity index (χ3n) is 3.64. The molecule has 1 atom stereocenters. The molecule has 0 aliphatic carbocycles. The van der Waals surface area contributed by atoms with Gasteiger partial charge in [0.15, 0.2) is 0 Å². The van der Waals surface area contributed by atoms with Gasteiger partial charge < -0.3 is 10.6 Å². The molecule has 1 unspecified atom stereocenters. The van der Waals surface area contributed by atoms with E-state index < -0.39 is 0 Å². The Kier molecular flexibility index (Phi) is 5.69. The third-order valence-corrected chi connectivity index (χ3v) is 4.55. The van der Waals surface area contributed by atoms with Crippen LogP contribution in [0.3, 0.4) is 0 Å². The lowest BCUT2D eigenvalue weighted by Crippen LogP contribution is -2.34. The van der Waals surface area contributed by atoms with Crippen LogP contribution in [0.2, 0.25) is 0 Å². The Morgan fingerprint density at radius 1 is 1.32 bits per heavy atom. The van der Waals surface area contributed by atoms with Gasteiger partial charge in [0, 0.05) is 18.8 Å². The van der Waals surface area contributed by atoms with Crippen LogP contribution in [0.1, 0.15) is 40.9 Å². The van der Waals surface area contributed by atoms with Gasteiger partial charge in [0.05, 0.1) is 11.0 Å². The average molecular weight is 317 g/mol. The van der Waals surface area contributed by atoms with Crippen LogP contribution in [0.4, 0.5) is 0 Å². The van der Waals surface area contributed by atoms with E-state index in [1.54, 1.807) is 4.90 Å². The number of benzene rings is 1. The van der Waals surface area contributed by atoms with Crippen LogP contribution in [0.25, 0.3) is 0 Å². The second-order valence-corrected chi connectivity index (χ2v) is 6.62. The molecule has 0 bridgehead atoms. The van der Waals surface area contributed by atoms with E-state index >= 15 is 0 Å². The van der Waals surface area contributed by atoms with Crippen molar-refractivity contribution in [1.29, 1.82) is 0 Å². The molecule has 0 spiro atoms. The van der Waals surface area contributed by atoms with E-state index in [-0.39, 0.29) is 11.9 Å². The lowest BCUT2D eigenvalue weighted by atomic mass is 9.94. The summed E-state index contributed by atoms with van der Waals surface area (Å²) in [6, 6.07) is 10.2. The Hall–Kier alpha value is -1.72. The van der Waals surface area contributed by atoms with Gasteiger partial charge >= 0.3 is 0 Å². The first kappa shape index (κ1) is 16.6. The van der Waals surface area contributed by atoms with Crippen LogP contribution in [0.15, 0.2) is 35.7 Å². The van der Waals surface area contributed by atoms with Crippen molar-refractivity contribution >= 4 is 17.2 Å². The highest BCUT2D eigenvalue weighted by molar-refractivity contribution is 7.09. The molecule has 0 aliphatic heterocycles. The van der Waals surface area contributed by atoms with Crippen molar-refractivity contribution in [2.45, 2.75) is 26.3 Å². The molecule has 1 amide bonds. The average Bonchev–Trinajstić information content (AvgIpc) is 2.96. The molecule has 1 aromatic carbocycles. The van der Waals surface area contributed by atoms with Crippen molar-refractivity contribution in [2.75, 3.05) is 13.6 Å². The zero-order valence-electron chi connectivity index (χ0n) is 13.3. The molecule has 0 aliphatic rings. The third kappa shape index (κ3) is 3.72. The second kappa shape index (κ2) is 7.51. The van der Waals surface area contributed by atoms with E-state index in [1.165, 1.54) is 11.3 Å². The largest absolute Gasteiger partial charge is 0.333 e. The van der Waals surface area contributed by atoms with E-state index in [2.05, 4.69) is 31.0 Å². The summed E-state index contributed by atoms with van der Waals surface area (Å²) in [4.78, 5) is 18.9. The monoisotopic (exact) mass is 317 g/mol. The summed E-state index contributed by atoms with van der Waals surface area (Å²) in [5.41, 5.74) is 7.20. The Bertz CT molecular complexity index is 609. The normalized spacial score (nSPS) is 12.4. The number of aromatic nitrogens is 1. The molecule has 118 valence electrons. The predicted octanol–water partition coefficient (Wildman–Crippen LogP) is 3.11. The van der Waals surface area contributed by atoms with Gasteiger partial charge in [0.25, 0.3) is 5.91 Å². The number of thiazole rings is 1. The summed E-state index contributed by atoms with van der Waals surface area (Å²) in [5, 5.41) is 2.74. The molecule has 0 saturated heterocycles. The SMILES string of the molecule is CC(C)C(c1ccccc1)N(C)C(=O)c1csc(CCN)n1. The minimum atomic E-state index is -0.0397. The maximum absolute atomic E-state index is 12.7. The molecule has 2 N–H and O–H groups in total. The number of rotatable bonds is 6. The van der Waals surface area contributed by atoms with Crippen molar-refractivity contribution in [2.24, 2.45) is 11.7 Å². The van der Waals surface area contributed by atoms with Gasteiger partial charge in [0.1, 0.15) is 5.69 Å². The topological polar surface area (TPSA) is 59.2 Å². The van der Waals surface area contributed by atoms with Gasteiger partial charge in [-0.3, -0.25) is 4.79 Å². The van der Waals surface area contributed by atoms with Crippen LogP contribution in [-0.2, 0) is 6.42 Å². The van der Waals surface area contributed by atoms with Crippen LogP contribution in [-0.4, -0.2) is 29.4 Å². The maximum atomic E-state index is 12.7. The number of hydrogen-bond donors (Lipinski definition) is 1. The van der Waals surface area contributed by atoms with Gasteiger partial charge in [-0.25, -0.2) is 4.98 Å². The Balaban J connectivity index is 2.22. The van der Waals surface area contributed by atoms with Gasteiger partial charge in [-0.05, 0) is 18.0 Å². The van der Waals surface area contributed by atoms with Crippen molar-refractivity contribution in [3.63, 3.8) is 0 Å². The first-order valence-electron chi connectivity index (χ1n) is 7.51. The van der Waals surface area contributed by atoms with E-state index in [9.17, 15) is 4.79 Å². The van der Waals surface area contributed by atoms with Crippen LogP contribution in [0, 0.1) is 5.92 Å². The molecule has 1 heterocycles. The molecule has 22 heavy (non-hydrogen) atoms. The molecule has 1 aromatic heterocycles. The molecule has 0 radical (unpaired) electrons. The fraction of sp³-hybridized carbons (Fsp3) is 0.412. The first-order valence-corrected chi connectivity index (χ1v) is 8.39. The quantitative estimate of drug-likeness (QED) is 0.890. The van der Waals surface area contributed by atoms with Crippen molar-refractivity contribution in [3.05, 3.63) is 52.0 Å². The van der Waals surface area contributed by atoms with Gasteiger partial charge in [-0.1, -0.05) is 44.2 Å². The van der Waals surface area contributed by atoms with Crippen LogP contribution < -0.4 is 5.73 Å². The predicted molar refractivity (Wildman–Crippen MR) is 91.0 cm³/mol. The molecule has 4 nitrogen and oxygen atoms in total. The number of nitrogens with two attached hydrogens (primary N) is 1. The van der Waals surface area contributed by atoms with Gasteiger partial charge in [-0.2, -0.15) is 0 Å². The summed E-state index contributed by atoms with van der Waals surface area (Å²) in [5.74, 6) is 0.278. The zero-order chi connectivity index (χ0) is 16.1. The smallest absolute Gasteiger partial charge is 0.273 e.